The highest BCUT2D eigenvalue weighted by Crippen LogP contribution is 2.37. The van der Waals surface area contributed by atoms with Crippen LogP contribution in [0.1, 0.15) is 33.6 Å². The van der Waals surface area contributed by atoms with Crippen LogP contribution in [0.25, 0.3) is 10.2 Å². The van der Waals surface area contributed by atoms with Gasteiger partial charge in [0, 0.05) is 28.2 Å². The second-order valence-corrected chi connectivity index (χ2v) is 10.2. The summed E-state index contributed by atoms with van der Waals surface area (Å²) in [6, 6.07) is 2.14. The van der Waals surface area contributed by atoms with Gasteiger partial charge in [-0.05, 0) is 56.7 Å². The Morgan fingerprint density at radius 2 is 2.12 bits per heavy atom. The van der Waals surface area contributed by atoms with Gasteiger partial charge >= 0.3 is 0 Å². The Labute approximate surface area is 165 Å². The lowest BCUT2D eigenvalue weighted by molar-refractivity contribution is -0.131. The second-order valence-electron chi connectivity index (χ2n) is 6.68. The van der Waals surface area contributed by atoms with Gasteiger partial charge in [-0.15, -0.1) is 22.7 Å². The lowest BCUT2D eigenvalue weighted by Crippen LogP contribution is -2.39. The smallest absolute Gasteiger partial charge is 0.236 e. The first kappa shape index (κ1) is 17.9. The number of rotatable bonds is 3. The molecule has 1 amide bonds. The van der Waals surface area contributed by atoms with Gasteiger partial charge in [0.2, 0.25) is 5.91 Å². The average Bonchev–Trinajstić information content (AvgIpc) is 3.18. The highest BCUT2D eigenvalue weighted by Gasteiger charge is 2.27. The van der Waals surface area contributed by atoms with Crippen molar-refractivity contribution < 1.29 is 4.79 Å². The van der Waals surface area contributed by atoms with E-state index in [1.54, 1.807) is 34.4 Å². The van der Waals surface area contributed by atoms with Crippen molar-refractivity contribution in [3.63, 3.8) is 0 Å². The summed E-state index contributed by atoms with van der Waals surface area (Å²) in [5, 5.41) is 4.01. The summed E-state index contributed by atoms with van der Waals surface area (Å²) in [7, 11) is 0. The zero-order valence-electron chi connectivity index (χ0n) is 15.3. The molecule has 0 saturated heterocycles. The standard InChI is InChI=1S/C19H21N3OS3/c1-10-11(2)25-17-16(10)18(21-13(4)20-17)26-12(3)19(23)22-7-5-15-14(9-22)6-8-24-15/h6,8,12H,5,7,9H2,1-4H3. The van der Waals surface area contributed by atoms with Crippen LogP contribution in [0.5, 0.6) is 0 Å². The minimum Gasteiger partial charge on any atom is -0.337 e. The molecule has 7 heteroatoms. The van der Waals surface area contributed by atoms with E-state index in [0.717, 1.165) is 40.6 Å². The summed E-state index contributed by atoms with van der Waals surface area (Å²) in [5.74, 6) is 0.961. The lowest BCUT2D eigenvalue weighted by Gasteiger charge is -2.29. The molecule has 1 unspecified atom stereocenters. The number of hydrogen-bond acceptors (Lipinski definition) is 6. The number of fused-ring (bicyclic) bond motifs is 2. The lowest BCUT2D eigenvalue weighted by atomic mass is 10.1. The van der Waals surface area contributed by atoms with Gasteiger partial charge < -0.3 is 4.90 Å². The van der Waals surface area contributed by atoms with Gasteiger partial charge in [0.05, 0.1) is 5.25 Å². The molecule has 4 rings (SSSR count). The highest BCUT2D eigenvalue weighted by atomic mass is 32.2. The molecule has 0 aliphatic carbocycles. The van der Waals surface area contributed by atoms with E-state index in [2.05, 4.69) is 35.3 Å². The van der Waals surface area contributed by atoms with E-state index < -0.39 is 0 Å². The Kier molecular flexibility index (Phi) is 4.79. The number of amides is 1. The van der Waals surface area contributed by atoms with Gasteiger partial charge in [0.15, 0.2) is 0 Å². The van der Waals surface area contributed by atoms with Crippen LogP contribution in [0.4, 0.5) is 0 Å². The summed E-state index contributed by atoms with van der Waals surface area (Å²) >= 11 is 5.07. The Bertz CT molecular complexity index is 991. The first-order chi connectivity index (χ1) is 12.4. The SMILES string of the molecule is Cc1nc(SC(C)C(=O)N2CCc3sccc3C2)c2c(C)c(C)sc2n1. The van der Waals surface area contributed by atoms with Gasteiger partial charge in [0.1, 0.15) is 15.7 Å². The fourth-order valence-corrected chi connectivity index (χ4v) is 6.48. The monoisotopic (exact) mass is 403 g/mol. The Morgan fingerprint density at radius 3 is 2.92 bits per heavy atom. The van der Waals surface area contributed by atoms with Gasteiger partial charge in [0.25, 0.3) is 0 Å². The maximum atomic E-state index is 13.0. The average molecular weight is 404 g/mol. The Morgan fingerprint density at radius 1 is 1.31 bits per heavy atom. The van der Waals surface area contributed by atoms with Crippen molar-refractivity contribution in [3.05, 3.63) is 38.2 Å². The van der Waals surface area contributed by atoms with Gasteiger partial charge in [-0.1, -0.05) is 11.8 Å². The van der Waals surface area contributed by atoms with Crippen molar-refractivity contribution in [2.75, 3.05) is 6.54 Å². The molecule has 0 saturated carbocycles. The van der Waals surface area contributed by atoms with Gasteiger partial charge in [-0.3, -0.25) is 4.79 Å². The molecule has 0 fully saturated rings. The van der Waals surface area contributed by atoms with Crippen molar-refractivity contribution in [3.8, 4) is 0 Å². The van der Waals surface area contributed by atoms with E-state index in [-0.39, 0.29) is 11.2 Å². The van der Waals surface area contributed by atoms with Crippen molar-refractivity contribution in [2.45, 2.75) is 50.9 Å². The largest absolute Gasteiger partial charge is 0.337 e. The summed E-state index contributed by atoms with van der Waals surface area (Å²) in [4.78, 5) is 28.0. The molecule has 4 nitrogen and oxygen atoms in total. The molecule has 136 valence electrons. The number of carbonyl (C=O) groups is 1. The molecule has 1 aliphatic rings. The van der Waals surface area contributed by atoms with E-state index in [1.807, 2.05) is 18.7 Å². The molecule has 1 aliphatic heterocycles. The van der Waals surface area contributed by atoms with Crippen LogP contribution in [0.2, 0.25) is 0 Å². The zero-order valence-corrected chi connectivity index (χ0v) is 17.8. The molecule has 3 aromatic rings. The topological polar surface area (TPSA) is 46.1 Å². The van der Waals surface area contributed by atoms with Crippen molar-refractivity contribution in [1.82, 2.24) is 14.9 Å². The molecule has 0 radical (unpaired) electrons. The third-order valence-electron chi connectivity index (χ3n) is 4.86. The third-order valence-corrected chi connectivity index (χ3v) is 8.06. The number of thiophene rings is 2. The number of aromatic nitrogens is 2. The second kappa shape index (κ2) is 6.94. The first-order valence-electron chi connectivity index (χ1n) is 8.69. The minimum atomic E-state index is -0.160. The maximum Gasteiger partial charge on any atom is 0.236 e. The van der Waals surface area contributed by atoms with Gasteiger partial charge in [-0.2, -0.15) is 0 Å². The molecular weight excluding hydrogens is 382 g/mol. The van der Waals surface area contributed by atoms with Crippen LogP contribution in [0, 0.1) is 20.8 Å². The molecule has 26 heavy (non-hydrogen) atoms. The number of hydrogen-bond donors (Lipinski definition) is 0. The fraction of sp³-hybridized carbons (Fsp3) is 0.421. The predicted molar refractivity (Wildman–Crippen MR) is 110 cm³/mol. The first-order valence-corrected chi connectivity index (χ1v) is 11.3. The summed E-state index contributed by atoms with van der Waals surface area (Å²) in [6.07, 6.45) is 0.968. The molecule has 1 atom stereocenters. The van der Waals surface area contributed by atoms with E-state index in [1.165, 1.54) is 20.9 Å². The highest BCUT2D eigenvalue weighted by molar-refractivity contribution is 8.00. The molecule has 0 aromatic carbocycles. The Hall–Kier alpha value is -1.44. The van der Waals surface area contributed by atoms with Crippen LogP contribution in [-0.4, -0.2) is 32.6 Å². The van der Waals surface area contributed by atoms with Crippen molar-refractivity contribution in [2.24, 2.45) is 0 Å². The van der Waals surface area contributed by atoms with Crippen LogP contribution in [0.3, 0.4) is 0 Å². The van der Waals surface area contributed by atoms with E-state index in [0.29, 0.717) is 0 Å². The fourth-order valence-electron chi connectivity index (χ4n) is 3.31. The summed E-state index contributed by atoms with van der Waals surface area (Å²) < 4.78 is 0. The predicted octanol–water partition coefficient (Wildman–Crippen LogP) is 4.74. The molecule has 0 spiro atoms. The zero-order chi connectivity index (χ0) is 18.4. The number of thioether (sulfide) groups is 1. The summed E-state index contributed by atoms with van der Waals surface area (Å²) in [5.41, 5.74) is 2.53. The molecule has 4 heterocycles. The molecule has 0 bridgehead atoms. The van der Waals surface area contributed by atoms with E-state index >= 15 is 0 Å². The van der Waals surface area contributed by atoms with E-state index in [4.69, 9.17) is 0 Å². The third kappa shape index (κ3) is 3.17. The Balaban J connectivity index is 1.58. The number of nitrogens with zero attached hydrogens (tertiary/aromatic N) is 3. The molecule has 0 N–H and O–H groups in total. The number of aryl methyl sites for hydroxylation is 3. The minimum absolute atomic E-state index is 0.160. The van der Waals surface area contributed by atoms with Crippen molar-refractivity contribution in [1.29, 1.82) is 0 Å². The van der Waals surface area contributed by atoms with Crippen LogP contribution in [0.15, 0.2) is 16.5 Å². The van der Waals surface area contributed by atoms with Gasteiger partial charge in [-0.25, -0.2) is 9.97 Å². The normalized spacial score (nSPS) is 15.3. The van der Waals surface area contributed by atoms with E-state index in [9.17, 15) is 4.79 Å². The number of carbonyl (C=O) groups excluding carboxylic acids is 1. The van der Waals surface area contributed by atoms with Crippen molar-refractivity contribution >= 4 is 50.6 Å². The maximum absolute atomic E-state index is 13.0. The molecular formula is C19H21N3OS3. The quantitative estimate of drug-likeness (QED) is 0.468. The van der Waals surface area contributed by atoms with Crippen LogP contribution in [-0.2, 0) is 17.8 Å². The summed E-state index contributed by atoms with van der Waals surface area (Å²) in [6.45, 7) is 9.69. The van der Waals surface area contributed by atoms with Crippen LogP contribution < -0.4 is 0 Å². The van der Waals surface area contributed by atoms with Crippen LogP contribution >= 0.6 is 34.4 Å². The molecule has 3 aromatic heterocycles.